The van der Waals surface area contributed by atoms with Gasteiger partial charge in [0.25, 0.3) is 0 Å². The van der Waals surface area contributed by atoms with Crippen LogP contribution in [0.2, 0.25) is 0 Å². The Balaban J connectivity index is 2.66. The third kappa shape index (κ3) is 1.15. The van der Waals surface area contributed by atoms with Gasteiger partial charge in [0.15, 0.2) is 0 Å². The first-order valence-corrected chi connectivity index (χ1v) is 4.45. The fourth-order valence-corrected chi connectivity index (χ4v) is 1.97. The fourth-order valence-electron chi connectivity index (χ4n) is 1.97. The van der Waals surface area contributed by atoms with Crippen LogP contribution in [0.4, 0.5) is 0 Å². The Bertz CT molecular complexity index is 401. The molecule has 1 unspecified atom stereocenters. The average molecular weight is 193 g/mol. The quantitative estimate of drug-likeness (QED) is 0.622. The molecule has 0 radical (unpaired) electrons. The highest BCUT2D eigenvalue weighted by molar-refractivity contribution is 5.90. The highest BCUT2D eigenvalue weighted by atomic mass is 16.4. The fraction of sp³-hybridized carbons (Fsp3) is 0.300. The Hall–Kier alpha value is -1.55. The molecular formula is C10H11NO3. The van der Waals surface area contributed by atoms with Gasteiger partial charge in [-0.05, 0) is 36.1 Å². The van der Waals surface area contributed by atoms with Gasteiger partial charge in [-0.1, -0.05) is 0 Å². The summed E-state index contributed by atoms with van der Waals surface area (Å²) in [6.45, 7) is 0. The SMILES string of the molecule is NC1CCc2c(O)ccc(C(=O)O)c21. The van der Waals surface area contributed by atoms with Crippen molar-refractivity contribution in [3.63, 3.8) is 0 Å². The molecule has 1 aliphatic rings. The standard InChI is InChI=1S/C10H11NO3/c11-7-3-1-5-8(12)4-2-6(9(5)7)10(13)14/h2,4,7,12H,1,3,11H2,(H,13,14). The average Bonchev–Trinajstić information content (AvgIpc) is 2.50. The molecule has 2 rings (SSSR count). The molecule has 0 bridgehead atoms. The Morgan fingerprint density at radius 1 is 1.50 bits per heavy atom. The van der Waals surface area contributed by atoms with Crippen LogP contribution in [0, 0.1) is 0 Å². The predicted molar refractivity (Wildman–Crippen MR) is 50.3 cm³/mol. The first-order valence-electron chi connectivity index (χ1n) is 4.45. The van der Waals surface area contributed by atoms with Gasteiger partial charge in [0, 0.05) is 6.04 Å². The van der Waals surface area contributed by atoms with E-state index < -0.39 is 5.97 Å². The van der Waals surface area contributed by atoms with Gasteiger partial charge in [-0.3, -0.25) is 0 Å². The lowest BCUT2D eigenvalue weighted by atomic mass is 10.0. The normalized spacial score (nSPS) is 19.4. The van der Waals surface area contributed by atoms with E-state index in [-0.39, 0.29) is 17.4 Å². The third-order valence-corrected chi connectivity index (χ3v) is 2.64. The number of carboxylic acids is 1. The molecule has 4 N–H and O–H groups in total. The number of benzene rings is 1. The zero-order chi connectivity index (χ0) is 10.3. The van der Waals surface area contributed by atoms with Crippen molar-refractivity contribution in [2.24, 2.45) is 5.73 Å². The molecule has 4 heteroatoms. The third-order valence-electron chi connectivity index (χ3n) is 2.64. The highest BCUT2D eigenvalue weighted by Crippen LogP contribution is 2.37. The van der Waals surface area contributed by atoms with Crippen LogP contribution >= 0.6 is 0 Å². The zero-order valence-corrected chi connectivity index (χ0v) is 7.53. The minimum absolute atomic E-state index is 0.151. The van der Waals surface area contributed by atoms with Gasteiger partial charge < -0.3 is 15.9 Å². The molecule has 0 amide bonds. The van der Waals surface area contributed by atoms with Crippen LogP contribution in [0.3, 0.4) is 0 Å². The number of aromatic carboxylic acids is 1. The van der Waals surface area contributed by atoms with Crippen LogP contribution in [0.25, 0.3) is 0 Å². The second-order valence-corrected chi connectivity index (χ2v) is 3.47. The summed E-state index contributed by atoms with van der Waals surface area (Å²) in [4.78, 5) is 10.9. The maximum absolute atomic E-state index is 10.9. The molecule has 1 aliphatic carbocycles. The van der Waals surface area contributed by atoms with E-state index in [1.165, 1.54) is 12.1 Å². The number of fused-ring (bicyclic) bond motifs is 1. The van der Waals surface area contributed by atoms with Gasteiger partial charge in [0.1, 0.15) is 5.75 Å². The minimum Gasteiger partial charge on any atom is -0.508 e. The molecule has 1 aromatic carbocycles. The highest BCUT2D eigenvalue weighted by Gasteiger charge is 2.27. The van der Waals surface area contributed by atoms with Gasteiger partial charge in [-0.25, -0.2) is 4.79 Å². The van der Waals surface area contributed by atoms with Gasteiger partial charge in [0.2, 0.25) is 0 Å². The van der Waals surface area contributed by atoms with Crippen LogP contribution in [-0.4, -0.2) is 16.2 Å². The van der Waals surface area contributed by atoms with Crippen molar-refractivity contribution in [2.75, 3.05) is 0 Å². The minimum atomic E-state index is -0.987. The van der Waals surface area contributed by atoms with E-state index >= 15 is 0 Å². The van der Waals surface area contributed by atoms with E-state index in [0.29, 0.717) is 24.0 Å². The number of aromatic hydroxyl groups is 1. The molecule has 0 heterocycles. The molecule has 1 atom stereocenters. The number of hydrogen-bond donors (Lipinski definition) is 3. The number of phenolic OH excluding ortho intramolecular Hbond substituents is 1. The second-order valence-electron chi connectivity index (χ2n) is 3.47. The van der Waals surface area contributed by atoms with Crippen molar-refractivity contribution < 1.29 is 15.0 Å². The van der Waals surface area contributed by atoms with E-state index in [4.69, 9.17) is 10.8 Å². The Kier molecular flexibility index (Phi) is 1.93. The number of carboxylic acid groups (broad SMARTS) is 1. The van der Waals surface area contributed by atoms with Gasteiger partial charge in [-0.2, -0.15) is 0 Å². The van der Waals surface area contributed by atoms with Gasteiger partial charge >= 0.3 is 5.97 Å². The Labute approximate surface area is 81.0 Å². The Morgan fingerprint density at radius 2 is 2.21 bits per heavy atom. The molecule has 74 valence electrons. The maximum Gasteiger partial charge on any atom is 0.336 e. The number of phenols is 1. The smallest absolute Gasteiger partial charge is 0.336 e. The number of hydrogen-bond acceptors (Lipinski definition) is 3. The maximum atomic E-state index is 10.9. The first kappa shape index (κ1) is 9.02. The molecular weight excluding hydrogens is 182 g/mol. The number of nitrogens with two attached hydrogens (primary N) is 1. The predicted octanol–water partition coefficient (Wildman–Crippen LogP) is 1.04. The van der Waals surface area contributed by atoms with Crippen LogP contribution in [0.15, 0.2) is 12.1 Å². The van der Waals surface area contributed by atoms with Gasteiger partial charge in [0.05, 0.1) is 5.56 Å². The van der Waals surface area contributed by atoms with E-state index in [1.54, 1.807) is 0 Å². The lowest BCUT2D eigenvalue weighted by Crippen LogP contribution is -2.11. The largest absolute Gasteiger partial charge is 0.508 e. The first-order chi connectivity index (χ1) is 6.61. The summed E-state index contributed by atoms with van der Waals surface area (Å²) in [5, 5.41) is 18.4. The van der Waals surface area contributed by atoms with E-state index in [9.17, 15) is 9.90 Å². The molecule has 4 nitrogen and oxygen atoms in total. The summed E-state index contributed by atoms with van der Waals surface area (Å²) in [7, 11) is 0. The van der Waals surface area contributed by atoms with Crippen LogP contribution < -0.4 is 5.73 Å². The van der Waals surface area contributed by atoms with Crippen molar-refractivity contribution in [3.8, 4) is 5.75 Å². The van der Waals surface area contributed by atoms with Crippen LogP contribution in [0.1, 0.15) is 33.9 Å². The molecule has 0 spiro atoms. The molecule has 0 aromatic heterocycles. The summed E-state index contributed by atoms with van der Waals surface area (Å²) in [6.07, 6.45) is 1.36. The summed E-state index contributed by atoms with van der Waals surface area (Å²) in [6, 6.07) is 2.56. The van der Waals surface area contributed by atoms with Crippen LogP contribution in [-0.2, 0) is 6.42 Å². The lowest BCUT2D eigenvalue weighted by molar-refractivity contribution is 0.0695. The molecule has 1 aromatic rings. The molecule has 0 fully saturated rings. The second kappa shape index (κ2) is 2.99. The topological polar surface area (TPSA) is 83.5 Å². The zero-order valence-electron chi connectivity index (χ0n) is 7.53. The van der Waals surface area contributed by atoms with Crippen molar-refractivity contribution >= 4 is 5.97 Å². The summed E-state index contributed by atoms with van der Waals surface area (Å²) < 4.78 is 0. The summed E-state index contributed by atoms with van der Waals surface area (Å²) in [5.41, 5.74) is 7.28. The summed E-state index contributed by atoms with van der Waals surface area (Å²) in [5.74, 6) is -0.837. The number of rotatable bonds is 1. The molecule has 0 saturated heterocycles. The monoisotopic (exact) mass is 193 g/mol. The molecule has 0 aliphatic heterocycles. The van der Waals surface area contributed by atoms with Crippen molar-refractivity contribution in [2.45, 2.75) is 18.9 Å². The molecule has 14 heavy (non-hydrogen) atoms. The van der Waals surface area contributed by atoms with Gasteiger partial charge in [-0.15, -0.1) is 0 Å². The van der Waals surface area contributed by atoms with Crippen molar-refractivity contribution in [1.82, 2.24) is 0 Å². The van der Waals surface area contributed by atoms with E-state index in [2.05, 4.69) is 0 Å². The van der Waals surface area contributed by atoms with Crippen molar-refractivity contribution in [1.29, 1.82) is 0 Å². The Morgan fingerprint density at radius 3 is 2.86 bits per heavy atom. The summed E-state index contributed by atoms with van der Waals surface area (Å²) >= 11 is 0. The van der Waals surface area contributed by atoms with Crippen molar-refractivity contribution in [3.05, 3.63) is 28.8 Å². The number of carbonyl (C=O) groups is 1. The van der Waals surface area contributed by atoms with Crippen LogP contribution in [0.5, 0.6) is 5.75 Å². The van der Waals surface area contributed by atoms with E-state index in [0.717, 1.165) is 0 Å². The molecule has 0 saturated carbocycles. The lowest BCUT2D eigenvalue weighted by Gasteiger charge is -2.09. The van der Waals surface area contributed by atoms with E-state index in [1.807, 2.05) is 0 Å².